The normalized spacial score (nSPS) is 18.0. The number of H-pyrrole nitrogens is 1. The number of ether oxygens (including phenoxy) is 2. The largest absolute Gasteiger partial charge is 0.493 e. The molecule has 1 aliphatic heterocycles. The van der Waals surface area contributed by atoms with E-state index in [1.54, 1.807) is 26.4 Å². The number of hydrogen-bond acceptors (Lipinski definition) is 7. The van der Waals surface area contributed by atoms with E-state index < -0.39 is 10.8 Å². The van der Waals surface area contributed by atoms with Crippen LogP contribution in [-0.2, 0) is 4.79 Å². The minimum Gasteiger partial charge on any atom is -0.493 e. The third-order valence-electron chi connectivity index (χ3n) is 7.62. The molecule has 0 saturated heterocycles. The zero-order valence-electron chi connectivity index (χ0n) is 21.8. The van der Waals surface area contributed by atoms with Gasteiger partial charge >= 0.3 is 0 Å². The molecule has 2 aliphatic rings. The predicted octanol–water partition coefficient (Wildman–Crippen LogP) is 5.05. The molecule has 0 fully saturated rings. The van der Waals surface area contributed by atoms with Crippen molar-refractivity contribution in [1.82, 2.24) is 9.78 Å². The lowest BCUT2D eigenvalue weighted by Gasteiger charge is -2.34. The van der Waals surface area contributed by atoms with E-state index in [2.05, 4.69) is 10.4 Å². The van der Waals surface area contributed by atoms with E-state index in [4.69, 9.17) is 9.47 Å². The molecular weight excluding hydrogens is 512 g/mol. The fourth-order valence-electron chi connectivity index (χ4n) is 5.72. The maximum absolute atomic E-state index is 13.9. The molecule has 10 heteroatoms. The number of para-hydroxylation sites is 1. The molecule has 3 aromatic carbocycles. The molecule has 4 aromatic rings. The van der Waals surface area contributed by atoms with E-state index in [-0.39, 0.29) is 29.4 Å². The van der Waals surface area contributed by atoms with Crippen LogP contribution in [0.4, 0.5) is 11.5 Å². The molecule has 0 radical (unpaired) electrons. The summed E-state index contributed by atoms with van der Waals surface area (Å²) in [6.07, 6.45) is 0.768. The van der Waals surface area contributed by atoms with Crippen molar-refractivity contribution in [1.29, 1.82) is 0 Å². The standard InChI is InChI=1S/C30H26N4O6/c1-39-24-13-10-18(16-25(24)40-2)19-14-22-27(23(35)15-19)26(17-8-11-21(12-9-17)34(37)38)28-29(31-22)32-33(30(28)36)20-6-4-3-5-7-20/h3-13,16,19,26,31-32H,14-15H2,1-2H3/t19-,26-/m0/s1. The number of Topliss-reactive ketones (excluding diaryl/α,β-unsaturated/α-hetero) is 1. The number of hydrogen-bond donors (Lipinski definition) is 2. The van der Waals surface area contributed by atoms with Crippen LogP contribution in [0, 0.1) is 10.1 Å². The average molecular weight is 539 g/mol. The highest BCUT2D eigenvalue weighted by molar-refractivity contribution is 6.01. The summed E-state index contributed by atoms with van der Waals surface area (Å²) in [6, 6.07) is 20.9. The number of fused-ring (bicyclic) bond motifs is 1. The summed E-state index contributed by atoms with van der Waals surface area (Å²) in [6.45, 7) is 0. The van der Waals surface area contributed by atoms with Crippen molar-refractivity contribution < 1.29 is 19.2 Å². The Bertz CT molecular complexity index is 1720. The first-order chi connectivity index (χ1) is 19.4. The summed E-state index contributed by atoms with van der Waals surface area (Å²) < 4.78 is 12.3. The first kappa shape index (κ1) is 25.2. The highest BCUT2D eigenvalue weighted by atomic mass is 16.6. The predicted molar refractivity (Wildman–Crippen MR) is 149 cm³/mol. The quantitative estimate of drug-likeness (QED) is 0.260. The fraction of sp³-hybridized carbons (Fsp3) is 0.200. The van der Waals surface area contributed by atoms with Crippen molar-refractivity contribution >= 4 is 17.3 Å². The maximum Gasteiger partial charge on any atom is 0.277 e. The molecular formula is C30H26N4O6. The van der Waals surface area contributed by atoms with Crippen LogP contribution in [0.25, 0.3) is 5.69 Å². The second-order valence-corrected chi connectivity index (χ2v) is 9.82. The first-order valence-corrected chi connectivity index (χ1v) is 12.8. The number of benzene rings is 3. The highest BCUT2D eigenvalue weighted by Gasteiger charge is 2.41. The Labute approximate surface area is 229 Å². The Kier molecular flexibility index (Phi) is 6.22. The summed E-state index contributed by atoms with van der Waals surface area (Å²) in [5.41, 5.74) is 3.49. The van der Waals surface area contributed by atoms with Gasteiger partial charge in [0.1, 0.15) is 5.82 Å². The lowest BCUT2D eigenvalue weighted by Crippen LogP contribution is -2.32. The molecule has 1 aliphatic carbocycles. The van der Waals surface area contributed by atoms with Crippen molar-refractivity contribution in [3.8, 4) is 17.2 Å². The van der Waals surface area contributed by atoms with Crippen molar-refractivity contribution in [3.05, 3.63) is 121 Å². The number of aromatic nitrogens is 2. The molecule has 0 amide bonds. The van der Waals surface area contributed by atoms with E-state index in [1.807, 2.05) is 48.5 Å². The molecule has 10 nitrogen and oxygen atoms in total. The molecule has 0 bridgehead atoms. The summed E-state index contributed by atoms with van der Waals surface area (Å²) in [7, 11) is 3.14. The van der Waals surface area contributed by atoms with E-state index >= 15 is 0 Å². The summed E-state index contributed by atoms with van der Waals surface area (Å²) in [5, 5.41) is 17.8. The molecule has 2 N–H and O–H groups in total. The van der Waals surface area contributed by atoms with Crippen molar-refractivity contribution in [2.45, 2.75) is 24.7 Å². The second kappa shape index (κ2) is 9.88. The minimum absolute atomic E-state index is 0.0636. The molecule has 40 heavy (non-hydrogen) atoms. The molecule has 0 spiro atoms. The number of non-ortho nitro benzene ring substituents is 1. The smallest absolute Gasteiger partial charge is 0.277 e. The van der Waals surface area contributed by atoms with Gasteiger partial charge in [-0.15, -0.1) is 0 Å². The van der Waals surface area contributed by atoms with E-state index in [0.717, 1.165) is 5.56 Å². The number of ketones is 1. The first-order valence-electron chi connectivity index (χ1n) is 12.8. The monoisotopic (exact) mass is 538 g/mol. The van der Waals surface area contributed by atoms with Gasteiger partial charge in [-0.25, -0.2) is 4.68 Å². The molecule has 0 saturated carbocycles. The minimum atomic E-state index is -0.681. The van der Waals surface area contributed by atoms with Gasteiger partial charge in [-0.05, 0) is 47.7 Å². The number of nitrogens with zero attached hydrogens (tertiary/aromatic N) is 2. The number of rotatable bonds is 6. The number of anilines is 1. The number of aromatic amines is 1. The number of allylic oxidation sites excluding steroid dienone is 2. The lowest BCUT2D eigenvalue weighted by molar-refractivity contribution is -0.384. The number of nitro groups is 1. The SMILES string of the molecule is COc1ccc([C@@H]2CC(=O)C3=C(C2)Nc2[nH]n(-c4ccccc4)c(=O)c2[C@H]3c2ccc([N+](=O)[O-])cc2)cc1OC. The summed E-state index contributed by atoms with van der Waals surface area (Å²) in [5.74, 6) is 0.789. The Balaban J connectivity index is 1.47. The molecule has 6 rings (SSSR count). The number of carbonyl (C=O) groups is 1. The summed E-state index contributed by atoms with van der Waals surface area (Å²) >= 11 is 0. The summed E-state index contributed by atoms with van der Waals surface area (Å²) in [4.78, 5) is 38.5. The van der Waals surface area contributed by atoms with Crippen LogP contribution in [0.3, 0.4) is 0 Å². The van der Waals surface area contributed by atoms with Crippen LogP contribution in [-0.4, -0.2) is 34.7 Å². The van der Waals surface area contributed by atoms with Crippen LogP contribution in [0.5, 0.6) is 11.5 Å². The number of methoxy groups -OCH3 is 2. The molecule has 2 heterocycles. The second-order valence-electron chi connectivity index (χ2n) is 9.82. The zero-order valence-corrected chi connectivity index (χ0v) is 21.8. The van der Waals surface area contributed by atoms with Gasteiger partial charge in [0, 0.05) is 35.7 Å². The van der Waals surface area contributed by atoms with Gasteiger partial charge in [-0.3, -0.25) is 24.8 Å². The van der Waals surface area contributed by atoms with Gasteiger partial charge < -0.3 is 14.8 Å². The van der Waals surface area contributed by atoms with Gasteiger partial charge in [0.05, 0.1) is 30.4 Å². The third-order valence-corrected chi connectivity index (χ3v) is 7.62. The average Bonchev–Trinajstić information content (AvgIpc) is 3.31. The van der Waals surface area contributed by atoms with Crippen LogP contribution in [0.2, 0.25) is 0 Å². The molecule has 0 unspecified atom stereocenters. The van der Waals surface area contributed by atoms with Gasteiger partial charge in [0.2, 0.25) is 0 Å². The van der Waals surface area contributed by atoms with Crippen LogP contribution in [0.15, 0.2) is 88.9 Å². The molecule has 1 aromatic heterocycles. The topological polar surface area (TPSA) is 128 Å². The zero-order chi connectivity index (χ0) is 28.0. The van der Waals surface area contributed by atoms with Crippen molar-refractivity contribution in [3.63, 3.8) is 0 Å². The van der Waals surface area contributed by atoms with Gasteiger partial charge in [0.25, 0.3) is 11.2 Å². The lowest BCUT2D eigenvalue weighted by atomic mass is 9.72. The van der Waals surface area contributed by atoms with Crippen molar-refractivity contribution in [2.75, 3.05) is 19.5 Å². The van der Waals surface area contributed by atoms with Crippen LogP contribution < -0.4 is 20.3 Å². The van der Waals surface area contributed by atoms with E-state index in [0.29, 0.717) is 51.8 Å². The molecule has 202 valence electrons. The van der Waals surface area contributed by atoms with Gasteiger partial charge in [-0.1, -0.05) is 36.4 Å². The van der Waals surface area contributed by atoms with Crippen molar-refractivity contribution in [2.24, 2.45) is 0 Å². The fourth-order valence-corrected chi connectivity index (χ4v) is 5.72. The van der Waals surface area contributed by atoms with E-state index in [1.165, 1.54) is 16.8 Å². The number of nitrogens with one attached hydrogen (secondary N) is 2. The Hall–Kier alpha value is -5.12. The van der Waals surface area contributed by atoms with Crippen LogP contribution >= 0.6 is 0 Å². The maximum atomic E-state index is 13.9. The van der Waals surface area contributed by atoms with Crippen LogP contribution in [0.1, 0.15) is 41.4 Å². The number of carbonyl (C=O) groups excluding carboxylic acids is 1. The van der Waals surface area contributed by atoms with Gasteiger partial charge in [0.15, 0.2) is 17.3 Å². The third kappa shape index (κ3) is 4.14. The molecule has 2 atom stereocenters. The highest BCUT2D eigenvalue weighted by Crippen LogP contribution is 2.47. The van der Waals surface area contributed by atoms with E-state index in [9.17, 15) is 19.7 Å². The Morgan fingerprint density at radius 1 is 0.900 bits per heavy atom. The van der Waals surface area contributed by atoms with Gasteiger partial charge in [-0.2, -0.15) is 0 Å². The Morgan fingerprint density at radius 2 is 1.60 bits per heavy atom. The number of nitro benzene ring substituents is 1. The Morgan fingerprint density at radius 3 is 2.27 bits per heavy atom.